The number of anilines is 1. The van der Waals surface area contributed by atoms with Crippen molar-refractivity contribution in [2.45, 2.75) is 47.0 Å². The van der Waals surface area contributed by atoms with Gasteiger partial charge in [0.2, 0.25) is 0 Å². The minimum atomic E-state index is -0.128. The third kappa shape index (κ3) is 4.10. The van der Waals surface area contributed by atoms with Gasteiger partial charge >= 0.3 is 0 Å². The van der Waals surface area contributed by atoms with Gasteiger partial charge in [0.15, 0.2) is 5.13 Å². The molecule has 0 aliphatic heterocycles. The molecule has 1 heterocycles. The summed E-state index contributed by atoms with van der Waals surface area (Å²) in [5.41, 5.74) is 7.39. The number of allylic oxidation sites excluding steroid dienone is 3. The zero-order valence-electron chi connectivity index (χ0n) is 18.1. The number of aromatic nitrogens is 1. The van der Waals surface area contributed by atoms with E-state index in [-0.39, 0.29) is 5.91 Å². The molecule has 2 aromatic carbocycles. The molecular weight excluding hydrogens is 388 g/mol. The van der Waals surface area contributed by atoms with E-state index in [2.05, 4.69) is 44.1 Å². The molecule has 0 saturated heterocycles. The highest BCUT2D eigenvalue weighted by molar-refractivity contribution is 7.22. The van der Waals surface area contributed by atoms with Crippen molar-refractivity contribution >= 4 is 38.7 Å². The van der Waals surface area contributed by atoms with Crippen molar-refractivity contribution in [2.75, 3.05) is 5.32 Å². The van der Waals surface area contributed by atoms with Crippen LogP contribution in [0, 0.1) is 5.41 Å². The van der Waals surface area contributed by atoms with Crippen LogP contribution in [0.4, 0.5) is 5.13 Å². The lowest BCUT2D eigenvalue weighted by molar-refractivity contribution is 0.102. The zero-order valence-corrected chi connectivity index (χ0v) is 18.9. The van der Waals surface area contributed by atoms with Gasteiger partial charge in [-0.05, 0) is 72.6 Å². The first kappa shape index (κ1) is 20.5. The number of hydrogen-bond donors (Lipinski definition) is 1. The quantitative estimate of drug-likeness (QED) is 0.479. The molecule has 3 nitrogen and oxygen atoms in total. The van der Waals surface area contributed by atoms with Crippen molar-refractivity contribution in [3.05, 3.63) is 76.4 Å². The number of amides is 1. The number of fused-ring (bicyclic) bond motifs is 1. The summed E-state index contributed by atoms with van der Waals surface area (Å²) in [5, 5.41) is 3.55. The summed E-state index contributed by atoms with van der Waals surface area (Å²) in [6.07, 6.45) is 5.65. The summed E-state index contributed by atoms with van der Waals surface area (Å²) in [4.78, 5) is 17.1. The molecule has 1 aliphatic rings. The van der Waals surface area contributed by atoms with E-state index in [1.165, 1.54) is 28.9 Å². The fourth-order valence-corrected chi connectivity index (χ4v) is 5.30. The average molecular weight is 417 g/mol. The number of benzene rings is 2. The summed E-state index contributed by atoms with van der Waals surface area (Å²) in [6, 6.07) is 15.7. The van der Waals surface area contributed by atoms with Gasteiger partial charge in [-0.1, -0.05) is 68.0 Å². The summed E-state index contributed by atoms with van der Waals surface area (Å²) in [7, 11) is 0. The SMILES string of the molecule is CCC1=C(C)/C(=C/c2ccc(C(=O)Nc3nc4ccccc4s3)cc2)CCC1(C)C. The molecule has 0 unspecified atom stereocenters. The molecule has 0 radical (unpaired) electrons. The van der Waals surface area contributed by atoms with Crippen LogP contribution in [0.15, 0.2) is 65.3 Å². The molecule has 4 heteroatoms. The Hall–Kier alpha value is -2.72. The van der Waals surface area contributed by atoms with Crippen molar-refractivity contribution in [2.24, 2.45) is 5.41 Å². The minimum Gasteiger partial charge on any atom is -0.298 e. The lowest BCUT2D eigenvalue weighted by Gasteiger charge is -2.35. The average Bonchev–Trinajstić information content (AvgIpc) is 3.13. The van der Waals surface area contributed by atoms with Gasteiger partial charge in [0.1, 0.15) is 0 Å². The smallest absolute Gasteiger partial charge is 0.257 e. The first-order valence-corrected chi connectivity index (χ1v) is 11.4. The molecule has 0 atom stereocenters. The number of para-hydroxylation sites is 1. The van der Waals surface area contributed by atoms with E-state index in [0.29, 0.717) is 16.1 Å². The molecule has 3 aromatic rings. The standard InChI is InChI=1S/C26H28N2OS/c1-5-21-17(2)20(14-15-26(21,3)4)16-18-10-12-19(13-11-18)24(29)28-25-27-22-8-6-7-9-23(22)30-25/h6-13,16H,5,14-15H2,1-4H3,(H,27,28,29)/b20-16+. The Labute approximate surface area is 182 Å². The van der Waals surface area contributed by atoms with E-state index in [4.69, 9.17) is 0 Å². The molecule has 4 rings (SSSR count). The highest BCUT2D eigenvalue weighted by Gasteiger charge is 2.29. The Kier molecular flexibility index (Phi) is 5.61. The number of carbonyl (C=O) groups is 1. The lowest BCUT2D eigenvalue weighted by atomic mass is 9.70. The van der Waals surface area contributed by atoms with Gasteiger partial charge in [-0.2, -0.15) is 0 Å². The Morgan fingerprint density at radius 3 is 2.60 bits per heavy atom. The molecule has 0 saturated carbocycles. The van der Waals surface area contributed by atoms with Crippen LogP contribution in [0.2, 0.25) is 0 Å². The monoisotopic (exact) mass is 416 g/mol. The van der Waals surface area contributed by atoms with Gasteiger partial charge in [0.05, 0.1) is 10.2 Å². The number of nitrogens with one attached hydrogen (secondary N) is 1. The van der Waals surface area contributed by atoms with E-state index >= 15 is 0 Å². The maximum atomic E-state index is 12.6. The largest absolute Gasteiger partial charge is 0.298 e. The van der Waals surface area contributed by atoms with Crippen LogP contribution in [0.5, 0.6) is 0 Å². The number of nitrogens with zero attached hydrogens (tertiary/aromatic N) is 1. The topological polar surface area (TPSA) is 42.0 Å². The van der Waals surface area contributed by atoms with E-state index < -0.39 is 0 Å². The van der Waals surface area contributed by atoms with Crippen LogP contribution >= 0.6 is 11.3 Å². The number of carbonyl (C=O) groups excluding carboxylic acids is 1. The van der Waals surface area contributed by atoms with Gasteiger partial charge in [-0.25, -0.2) is 4.98 Å². The maximum absolute atomic E-state index is 12.6. The van der Waals surface area contributed by atoms with E-state index in [1.54, 1.807) is 5.57 Å². The van der Waals surface area contributed by atoms with Crippen molar-refractivity contribution in [1.82, 2.24) is 4.98 Å². The first-order chi connectivity index (χ1) is 14.4. The lowest BCUT2D eigenvalue weighted by Crippen LogP contribution is -2.21. The normalized spacial score (nSPS) is 17.5. The first-order valence-electron chi connectivity index (χ1n) is 10.6. The van der Waals surface area contributed by atoms with E-state index in [9.17, 15) is 4.79 Å². The van der Waals surface area contributed by atoms with Crippen molar-refractivity contribution < 1.29 is 4.79 Å². The van der Waals surface area contributed by atoms with Crippen molar-refractivity contribution in [3.63, 3.8) is 0 Å². The second-order valence-corrected chi connectivity index (χ2v) is 9.60. The molecule has 1 aromatic heterocycles. The molecule has 30 heavy (non-hydrogen) atoms. The summed E-state index contributed by atoms with van der Waals surface area (Å²) in [5.74, 6) is -0.128. The summed E-state index contributed by atoms with van der Waals surface area (Å²) >= 11 is 1.49. The van der Waals surface area contributed by atoms with Crippen LogP contribution in [-0.4, -0.2) is 10.9 Å². The zero-order chi connectivity index (χ0) is 21.3. The second kappa shape index (κ2) is 8.19. The fourth-order valence-electron chi connectivity index (χ4n) is 4.44. The number of thiazole rings is 1. The van der Waals surface area contributed by atoms with Gasteiger partial charge < -0.3 is 0 Å². The summed E-state index contributed by atoms with van der Waals surface area (Å²) < 4.78 is 1.07. The van der Waals surface area contributed by atoms with E-state index in [0.717, 1.165) is 28.6 Å². The van der Waals surface area contributed by atoms with Crippen LogP contribution in [0.25, 0.3) is 16.3 Å². The van der Waals surface area contributed by atoms with Crippen molar-refractivity contribution in [1.29, 1.82) is 0 Å². The van der Waals surface area contributed by atoms with Crippen LogP contribution in [0.1, 0.15) is 62.9 Å². The molecule has 0 bridgehead atoms. The van der Waals surface area contributed by atoms with Crippen LogP contribution in [-0.2, 0) is 0 Å². The second-order valence-electron chi connectivity index (χ2n) is 8.57. The van der Waals surface area contributed by atoms with Gasteiger partial charge in [0, 0.05) is 5.56 Å². The fraction of sp³-hybridized carbons (Fsp3) is 0.308. The maximum Gasteiger partial charge on any atom is 0.257 e. The Morgan fingerprint density at radius 1 is 1.17 bits per heavy atom. The third-order valence-corrected chi connectivity index (χ3v) is 7.10. The minimum absolute atomic E-state index is 0.128. The van der Waals surface area contributed by atoms with Gasteiger partial charge in [0.25, 0.3) is 5.91 Å². The molecule has 154 valence electrons. The predicted octanol–water partition coefficient (Wildman–Crippen LogP) is 7.48. The van der Waals surface area contributed by atoms with Crippen LogP contribution in [0.3, 0.4) is 0 Å². The Morgan fingerprint density at radius 2 is 1.90 bits per heavy atom. The van der Waals surface area contributed by atoms with E-state index in [1.807, 2.05) is 48.5 Å². The Balaban J connectivity index is 1.51. The number of rotatable bonds is 4. The molecule has 0 spiro atoms. The highest BCUT2D eigenvalue weighted by Crippen LogP contribution is 2.44. The van der Waals surface area contributed by atoms with Gasteiger partial charge in [-0.15, -0.1) is 0 Å². The number of hydrogen-bond acceptors (Lipinski definition) is 3. The van der Waals surface area contributed by atoms with Crippen molar-refractivity contribution in [3.8, 4) is 0 Å². The highest BCUT2D eigenvalue weighted by atomic mass is 32.1. The molecule has 1 aliphatic carbocycles. The molecule has 1 amide bonds. The molecule has 1 N–H and O–H groups in total. The predicted molar refractivity (Wildman–Crippen MR) is 128 cm³/mol. The third-order valence-electron chi connectivity index (χ3n) is 6.15. The molecule has 0 fully saturated rings. The molecular formula is C26H28N2OS. The Bertz CT molecular complexity index is 1120. The van der Waals surface area contributed by atoms with Gasteiger partial charge in [-0.3, -0.25) is 10.1 Å². The van der Waals surface area contributed by atoms with Crippen LogP contribution < -0.4 is 5.32 Å². The summed E-state index contributed by atoms with van der Waals surface area (Å²) in [6.45, 7) is 9.21.